The fraction of sp³-hybridized carbons (Fsp3) is 0.133. The van der Waals surface area contributed by atoms with Gasteiger partial charge in [0.2, 0.25) is 0 Å². The van der Waals surface area contributed by atoms with Crippen molar-refractivity contribution >= 4 is 23.3 Å². The Morgan fingerprint density at radius 2 is 1.81 bits per heavy atom. The van der Waals surface area contributed by atoms with E-state index in [1.165, 1.54) is 24.3 Å². The smallest absolute Gasteiger partial charge is 0.343 e. The topological polar surface area (TPSA) is 69.4 Å². The lowest BCUT2D eigenvalue weighted by atomic mass is 10.1. The zero-order valence-corrected chi connectivity index (χ0v) is 12.2. The molecule has 0 radical (unpaired) electrons. The van der Waals surface area contributed by atoms with E-state index in [1.807, 2.05) is 0 Å². The van der Waals surface area contributed by atoms with E-state index in [4.69, 9.17) is 16.3 Å². The van der Waals surface area contributed by atoms with Gasteiger partial charge in [-0.2, -0.15) is 0 Å². The Kier molecular flexibility index (Phi) is 4.23. The molecule has 0 N–H and O–H groups in total. The molecule has 5 nitrogen and oxygen atoms in total. The van der Waals surface area contributed by atoms with Crippen molar-refractivity contribution in [1.82, 2.24) is 0 Å². The number of hydrogen-bond donors (Lipinski definition) is 0. The van der Waals surface area contributed by atoms with E-state index in [1.54, 1.807) is 26.0 Å². The quantitative estimate of drug-likeness (QED) is 0.371. The predicted molar refractivity (Wildman–Crippen MR) is 79.0 cm³/mol. The molecular formula is C15H12ClNO4. The summed E-state index contributed by atoms with van der Waals surface area (Å²) in [5.41, 5.74) is 1.54. The summed E-state index contributed by atoms with van der Waals surface area (Å²) in [7, 11) is 0. The third-order valence-electron chi connectivity index (χ3n) is 2.91. The highest BCUT2D eigenvalue weighted by Crippen LogP contribution is 2.26. The summed E-state index contributed by atoms with van der Waals surface area (Å²) >= 11 is 6.04. The minimum atomic E-state index is -0.653. The molecule has 0 atom stereocenters. The number of non-ortho nitro benzene ring substituents is 1. The maximum atomic E-state index is 12.0. The van der Waals surface area contributed by atoms with Crippen molar-refractivity contribution < 1.29 is 14.5 Å². The van der Waals surface area contributed by atoms with Crippen LogP contribution >= 0.6 is 11.6 Å². The summed E-state index contributed by atoms with van der Waals surface area (Å²) in [6.45, 7) is 3.61. The van der Waals surface area contributed by atoms with Crippen molar-refractivity contribution in [2.75, 3.05) is 0 Å². The number of nitrogens with zero attached hydrogens (tertiary/aromatic N) is 1. The summed E-state index contributed by atoms with van der Waals surface area (Å²) in [6, 6.07) is 8.68. The maximum absolute atomic E-state index is 12.0. The molecule has 0 aliphatic carbocycles. The highest BCUT2D eigenvalue weighted by molar-refractivity contribution is 6.32. The summed E-state index contributed by atoms with van der Waals surface area (Å²) < 4.78 is 5.23. The van der Waals surface area contributed by atoms with E-state index in [2.05, 4.69) is 0 Å². The number of rotatable bonds is 3. The fourth-order valence-corrected chi connectivity index (χ4v) is 1.99. The van der Waals surface area contributed by atoms with Crippen LogP contribution in [0.4, 0.5) is 5.69 Å². The summed E-state index contributed by atoms with van der Waals surface area (Å²) in [5, 5.41) is 11.3. The Labute approximate surface area is 126 Å². The number of nitro benzene ring substituents is 1. The Balaban J connectivity index is 2.26. The molecule has 0 amide bonds. The van der Waals surface area contributed by atoms with Gasteiger partial charge in [0.05, 0.1) is 10.5 Å². The predicted octanol–water partition coefficient (Wildman–Crippen LogP) is 4.08. The first-order valence-electron chi connectivity index (χ1n) is 6.12. The van der Waals surface area contributed by atoms with Gasteiger partial charge in [0, 0.05) is 17.2 Å². The molecule has 0 unspecified atom stereocenters. The van der Waals surface area contributed by atoms with E-state index in [-0.39, 0.29) is 11.3 Å². The lowest BCUT2D eigenvalue weighted by Gasteiger charge is -2.08. The number of carbonyl (C=O) groups is 1. The van der Waals surface area contributed by atoms with Crippen molar-refractivity contribution in [3.05, 3.63) is 68.2 Å². The van der Waals surface area contributed by atoms with Crippen LogP contribution in [-0.2, 0) is 0 Å². The van der Waals surface area contributed by atoms with Gasteiger partial charge in [0.15, 0.2) is 0 Å². The largest absolute Gasteiger partial charge is 0.423 e. The van der Waals surface area contributed by atoms with Crippen LogP contribution in [0, 0.1) is 24.0 Å². The Morgan fingerprint density at radius 1 is 1.19 bits per heavy atom. The number of aryl methyl sites for hydroxylation is 2. The minimum absolute atomic E-state index is 0.120. The maximum Gasteiger partial charge on any atom is 0.343 e. The van der Waals surface area contributed by atoms with E-state index in [0.717, 1.165) is 11.1 Å². The van der Waals surface area contributed by atoms with Crippen molar-refractivity contribution in [1.29, 1.82) is 0 Å². The zero-order chi connectivity index (χ0) is 15.6. The number of ether oxygens (including phenoxy) is 1. The normalized spacial score (nSPS) is 10.2. The standard InChI is InChI=1S/C15H12ClNO4/c1-9-6-13(7-10(2)14(9)16)21-15(18)11-4-3-5-12(8-11)17(19)20/h3-8H,1-2H3. The molecule has 0 spiro atoms. The van der Waals surface area contributed by atoms with Crippen LogP contribution in [0.15, 0.2) is 36.4 Å². The molecule has 6 heteroatoms. The van der Waals surface area contributed by atoms with E-state index < -0.39 is 10.9 Å². The molecule has 0 bridgehead atoms. The van der Waals surface area contributed by atoms with Crippen molar-refractivity contribution in [3.63, 3.8) is 0 Å². The number of nitro groups is 1. The van der Waals surface area contributed by atoms with Crippen molar-refractivity contribution in [2.45, 2.75) is 13.8 Å². The van der Waals surface area contributed by atoms with Gasteiger partial charge in [0.1, 0.15) is 5.75 Å². The monoisotopic (exact) mass is 305 g/mol. The van der Waals surface area contributed by atoms with Gasteiger partial charge >= 0.3 is 5.97 Å². The average Bonchev–Trinajstić information content (AvgIpc) is 2.44. The van der Waals surface area contributed by atoms with Gasteiger partial charge in [-0.3, -0.25) is 10.1 Å². The van der Waals surface area contributed by atoms with Crippen LogP contribution < -0.4 is 4.74 Å². The van der Waals surface area contributed by atoms with Crippen molar-refractivity contribution in [2.24, 2.45) is 0 Å². The molecule has 2 aromatic rings. The van der Waals surface area contributed by atoms with Gasteiger partial charge < -0.3 is 4.74 Å². The Morgan fingerprint density at radius 3 is 2.38 bits per heavy atom. The molecule has 0 heterocycles. The van der Waals surface area contributed by atoms with Gasteiger partial charge in [-0.05, 0) is 43.2 Å². The number of esters is 1. The molecule has 21 heavy (non-hydrogen) atoms. The van der Waals surface area contributed by atoms with Crippen LogP contribution in [0.25, 0.3) is 0 Å². The second-order valence-corrected chi connectivity index (χ2v) is 4.95. The van der Waals surface area contributed by atoms with Crippen LogP contribution in [0.2, 0.25) is 5.02 Å². The molecule has 2 rings (SSSR count). The highest BCUT2D eigenvalue weighted by Gasteiger charge is 2.14. The molecule has 0 saturated heterocycles. The molecule has 108 valence electrons. The molecule has 0 aromatic heterocycles. The fourth-order valence-electron chi connectivity index (χ4n) is 1.88. The van der Waals surface area contributed by atoms with Gasteiger partial charge in [0.25, 0.3) is 5.69 Å². The van der Waals surface area contributed by atoms with E-state index in [9.17, 15) is 14.9 Å². The Hall–Kier alpha value is -2.40. The van der Waals surface area contributed by atoms with E-state index >= 15 is 0 Å². The molecule has 2 aromatic carbocycles. The van der Waals surface area contributed by atoms with Gasteiger partial charge in [-0.15, -0.1) is 0 Å². The molecular weight excluding hydrogens is 294 g/mol. The van der Waals surface area contributed by atoms with Gasteiger partial charge in [-0.25, -0.2) is 4.79 Å². The SMILES string of the molecule is Cc1cc(OC(=O)c2cccc([N+](=O)[O-])c2)cc(C)c1Cl. The lowest BCUT2D eigenvalue weighted by Crippen LogP contribution is -2.09. The first-order chi connectivity index (χ1) is 9.88. The lowest BCUT2D eigenvalue weighted by molar-refractivity contribution is -0.384. The first kappa shape index (κ1) is 15.0. The third kappa shape index (κ3) is 3.38. The number of halogens is 1. The second kappa shape index (κ2) is 5.93. The average molecular weight is 306 g/mol. The van der Waals surface area contributed by atoms with E-state index in [0.29, 0.717) is 10.8 Å². The molecule has 0 aliphatic rings. The first-order valence-corrected chi connectivity index (χ1v) is 6.49. The summed E-state index contributed by atoms with van der Waals surface area (Å²) in [5.74, 6) is -0.300. The molecule has 0 saturated carbocycles. The van der Waals surface area contributed by atoms with Crippen LogP contribution in [-0.4, -0.2) is 10.9 Å². The summed E-state index contributed by atoms with van der Waals surface area (Å²) in [4.78, 5) is 22.2. The van der Waals surface area contributed by atoms with Crippen LogP contribution in [0.3, 0.4) is 0 Å². The van der Waals surface area contributed by atoms with Crippen LogP contribution in [0.1, 0.15) is 21.5 Å². The number of hydrogen-bond acceptors (Lipinski definition) is 4. The highest BCUT2D eigenvalue weighted by atomic mass is 35.5. The number of benzene rings is 2. The molecule has 0 fully saturated rings. The zero-order valence-electron chi connectivity index (χ0n) is 11.4. The van der Waals surface area contributed by atoms with Crippen LogP contribution in [0.5, 0.6) is 5.75 Å². The third-order valence-corrected chi connectivity index (χ3v) is 3.51. The summed E-state index contributed by atoms with van der Waals surface area (Å²) in [6.07, 6.45) is 0. The Bertz CT molecular complexity index is 704. The second-order valence-electron chi connectivity index (χ2n) is 4.57. The van der Waals surface area contributed by atoms with Crippen molar-refractivity contribution in [3.8, 4) is 5.75 Å². The number of carbonyl (C=O) groups excluding carboxylic acids is 1. The van der Waals surface area contributed by atoms with Gasteiger partial charge in [-0.1, -0.05) is 17.7 Å². The minimum Gasteiger partial charge on any atom is -0.423 e. The molecule has 0 aliphatic heterocycles.